The van der Waals surface area contributed by atoms with Crippen molar-refractivity contribution in [2.45, 2.75) is 25.3 Å². The second-order valence-electron chi connectivity index (χ2n) is 5.22. The SMILES string of the molecule is Cc1cc(C(CN)N2CCSCC2S(C)(=O)=O)c(C)s1. The lowest BCUT2D eigenvalue weighted by molar-refractivity contribution is 0.198. The molecule has 0 spiro atoms. The van der Waals surface area contributed by atoms with Gasteiger partial charge >= 0.3 is 0 Å². The van der Waals surface area contributed by atoms with E-state index >= 15 is 0 Å². The maximum Gasteiger partial charge on any atom is 0.164 e. The summed E-state index contributed by atoms with van der Waals surface area (Å²) >= 11 is 3.46. The van der Waals surface area contributed by atoms with Crippen LogP contribution in [-0.2, 0) is 9.84 Å². The molecule has 0 aliphatic carbocycles. The number of thioether (sulfide) groups is 1. The predicted octanol–water partition coefficient (Wildman–Crippen LogP) is 1.78. The third-order valence-electron chi connectivity index (χ3n) is 3.68. The maximum atomic E-state index is 12.0. The van der Waals surface area contributed by atoms with Gasteiger partial charge in [0.15, 0.2) is 9.84 Å². The van der Waals surface area contributed by atoms with Crippen molar-refractivity contribution in [2.75, 3.05) is 30.9 Å². The fourth-order valence-electron chi connectivity index (χ4n) is 2.74. The minimum absolute atomic E-state index is 0.000532. The second-order valence-corrected chi connectivity index (χ2v) is 10.0. The van der Waals surface area contributed by atoms with Gasteiger partial charge in [-0.15, -0.1) is 11.3 Å². The molecule has 1 fully saturated rings. The minimum atomic E-state index is -3.09. The van der Waals surface area contributed by atoms with Crippen molar-refractivity contribution in [3.05, 3.63) is 21.4 Å². The molecule has 1 aliphatic rings. The van der Waals surface area contributed by atoms with Crippen LogP contribution in [0.4, 0.5) is 0 Å². The summed E-state index contributed by atoms with van der Waals surface area (Å²) in [6.07, 6.45) is 1.33. The summed E-state index contributed by atoms with van der Waals surface area (Å²) < 4.78 is 24.1. The summed E-state index contributed by atoms with van der Waals surface area (Å²) in [5.74, 6) is 1.60. The predicted molar refractivity (Wildman–Crippen MR) is 88.3 cm³/mol. The summed E-state index contributed by atoms with van der Waals surface area (Å²) in [6, 6.07) is 2.15. The average Bonchev–Trinajstić information content (AvgIpc) is 2.69. The van der Waals surface area contributed by atoms with Gasteiger partial charge in [0, 0.05) is 46.6 Å². The Labute approximate surface area is 129 Å². The van der Waals surface area contributed by atoms with Crippen molar-refractivity contribution in [3.8, 4) is 0 Å². The molecule has 2 atom stereocenters. The maximum absolute atomic E-state index is 12.0. The molecule has 0 amide bonds. The Morgan fingerprint density at radius 3 is 2.70 bits per heavy atom. The lowest BCUT2D eigenvalue weighted by Crippen LogP contribution is -2.50. The Kier molecular flexibility index (Phi) is 5.18. The molecule has 0 saturated carbocycles. The Balaban J connectivity index is 2.36. The number of nitrogens with two attached hydrogens (primary N) is 1. The van der Waals surface area contributed by atoms with Crippen LogP contribution in [0.15, 0.2) is 6.07 Å². The van der Waals surface area contributed by atoms with Crippen molar-refractivity contribution < 1.29 is 8.42 Å². The molecule has 0 radical (unpaired) electrons. The number of hydrogen-bond acceptors (Lipinski definition) is 6. The van der Waals surface area contributed by atoms with E-state index in [1.165, 1.54) is 21.6 Å². The van der Waals surface area contributed by atoms with Crippen molar-refractivity contribution in [2.24, 2.45) is 5.73 Å². The first kappa shape index (κ1) is 16.3. The fourth-order valence-corrected chi connectivity index (χ4v) is 6.65. The summed E-state index contributed by atoms with van der Waals surface area (Å²) in [4.78, 5) is 4.57. The first-order valence-electron chi connectivity index (χ1n) is 6.64. The Morgan fingerprint density at radius 2 is 2.20 bits per heavy atom. The molecule has 7 heteroatoms. The first-order chi connectivity index (χ1) is 9.34. The van der Waals surface area contributed by atoms with Crippen LogP contribution in [0, 0.1) is 13.8 Å². The van der Waals surface area contributed by atoms with E-state index in [-0.39, 0.29) is 6.04 Å². The molecule has 0 bridgehead atoms. The van der Waals surface area contributed by atoms with Gasteiger partial charge in [0.05, 0.1) is 0 Å². The van der Waals surface area contributed by atoms with Gasteiger partial charge in [-0.25, -0.2) is 8.42 Å². The van der Waals surface area contributed by atoms with E-state index in [0.717, 1.165) is 12.3 Å². The standard InChI is InChI=1S/C13H22N2O2S3/c1-9-6-11(10(2)19-9)12(7-14)15-4-5-18-8-13(15)20(3,16)17/h6,12-13H,4-5,7-8,14H2,1-3H3. The van der Waals surface area contributed by atoms with E-state index in [1.54, 1.807) is 23.1 Å². The number of hydrogen-bond donors (Lipinski definition) is 1. The van der Waals surface area contributed by atoms with E-state index in [1.807, 2.05) is 0 Å². The van der Waals surface area contributed by atoms with E-state index < -0.39 is 15.2 Å². The summed E-state index contributed by atoms with van der Waals surface area (Å²) in [5, 5.41) is -0.422. The van der Waals surface area contributed by atoms with Gasteiger partial charge in [-0.1, -0.05) is 0 Å². The topological polar surface area (TPSA) is 63.4 Å². The van der Waals surface area contributed by atoms with Crippen molar-refractivity contribution >= 4 is 32.9 Å². The van der Waals surface area contributed by atoms with Gasteiger partial charge in [-0.3, -0.25) is 4.90 Å². The van der Waals surface area contributed by atoms with Crippen LogP contribution in [-0.4, -0.2) is 49.5 Å². The molecular weight excluding hydrogens is 312 g/mol. The molecule has 4 nitrogen and oxygen atoms in total. The molecule has 1 aliphatic heterocycles. The molecule has 2 heterocycles. The lowest BCUT2D eigenvalue weighted by atomic mass is 10.1. The Hall–Kier alpha value is -0.0800. The first-order valence-corrected chi connectivity index (χ1v) is 10.6. The number of thiophene rings is 1. The highest BCUT2D eigenvalue weighted by atomic mass is 32.2. The molecule has 20 heavy (non-hydrogen) atoms. The zero-order valence-electron chi connectivity index (χ0n) is 12.1. The van der Waals surface area contributed by atoms with Crippen molar-refractivity contribution in [1.82, 2.24) is 4.90 Å². The van der Waals surface area contributed by atoms with Gasteiger partial charge in [-0.05, 0) is 25.5 Å². The average molecular weight is 335 g/mol. The van der Waals surface area contributed by atoms with E-state index in [9.17, 15) is 8.42 Å². The van der Waals surface area contributed by atoms with Gasteiger partial charge in [0.25, 0.3) is 0 Å². The largest absolute Gasteiger partial charge is 0.329 e. The molecule has 2 unspecified atom stereocenters. The van der Waals surface area contributed by atoms with Gasteiger partial charge in [0.1, 0.15) is 5.37 Å². The number of nitrogens with zero attached hydrogens (tertiary/aromatic N) is 1. The highest BCUT2D eigenvalue weighted by Gasteiger charge is 2.36. The van der Waals surface area contributed by atoms with Crippen LogP contribution in [0.1, 0.15) is 21.4 Å². The molecule has 1 saturated heterocycles. The highest BCUT2D eigenvalue weighted by Crippen LogP contribution is 2.34. The number of rotatable bonds is 4. The fraction of sp³-hybridized carbons (Fsp3) is 0.692. The molecule has 2 rings (SSSR count). The molecule has 1 aromatic rings. The van der Waals surface area contributed by atoms with Crippen LogP contribution in [0.2, 0.25) is 0 Å². The smallest absolute Gasteiger partial charge is 0.164 e. The lowest BCUT2D eigenvalue weighted by Gasteiger charge is -2.39. The Bertz CT molecular complexity index is 568. The van der Waals surface area contributed by atoms with Gasteiger partial charge in [-0.2, -0.15) is 11.8 Å². The monoisotopic (exact) mass is 334 g/mol. The molecule has 2 N–H and O–H groups in total. The normalized spacial score (nSPS) is 22.9. The highest BCUT2D eigenvalue weighted by molar-refractivity contribution is 8.00. The molecular formula is C13H22N2O2S3. The van der Waals surface area contributed by atoms with Crippen LogP contribution < -0.4 is 5.73 Å². The Morgan fingerprint density at radius 1 is 1.50 bits per heavy atom. The quantitative estimate of drug-likeness (QED) is 0.909. The van der Waals surface area contributed by atoms with E-state index in [0.29, 0.717) is 12.3 Å². The number of aryl methyl sites for hydroxylation is 2. The summed E-state index contributed by atoms with van der Waals surface area (Å²) in [5.41, 5.74) is 7.17. The van der Waals surface area contributed by atoms with Crippen molar-refractivity contribution in [1.29, 1.82) is 0 Å². The molecule has 1 aromatic heterocycles. The van der Waals surface area contributed by atoms with Crippen molar-refractivity contribution in [3.63, 3.8) is 0 Å². The third kappa shape index (κ3) is 3.39. The third-order valence-corrected chi connectivity index (χ3v) is 7.32. The summed E-state index contributed by atoms with van der Waals surface area (Å²) in [6.45, 7) is 5.39. The zero-order valence-corrected chi connectivity index (χ0v) is 14.6. The molecule has 0 aromatic carbocycles. The van der Waals surface area contributed by atoms with E-state index in [4.69, 9.17) is 5.73 Å². The zero-order chi connectivity index (χ0) is 14.9. The number of sulfone groups is 1. The second kappa shape index (κ2) is 6.36. The van der Waals surface area contributed by atoms with E-state index in [2.05, 4.69) is 24.8 Å². The van der Waals surface area contributed by atoms with Crippen LogP contribution >= 0.6 is 23.1 Å². The summed E-state index contributed by atoms with van der Waals surface area (Å²) in [7, 11) is -3.09. The van der Waals surface area contributed by atoms with Crippen LogP contribution in [0.5, 0.6) is 0 Å². The van der Waals surface area contributed by atoms with Gasteiger partial charge < -0.3 is 5.73 Å². The minimum Gasteiger partial charge on any atom is -0.329 e. The van der Waals surface area contributed by atoms with Crippen LogP contribution in [0.3, 0.4) is 0 Å². The van der Waals surface area contributed by atoms with Gasteiger partial charge in [0.2, 0.25) is 0 Å². The van der Waals surface area contributed by atoms with Crippen LogP contribution in [0.25, 0.3) is 0 Å². The molecule has 114 valence electrons.